The van der Waals surface area contributed by atoms with Gasteiger partial charge in [-0.15, -0.1) is 0 Å². The van der Waals surface area contributed by atoms with Crippen molar-refractivity contribution in [1.82, 2.24) is 10.4 Å². The van der Waals surface area contributed by atoms with Gasteiger partial charge in [-0.2, -0.15) is 5.01 Å². The zero-order chi connectivity index (χ0) is 28.1. The minimum atomic E-state index is -0.518. The third-order valence-electron chi connectivity index (χ3n) is 6.28. The van der Waals surface area contributed by atoms with E-state index in [-0.39, 0.29) is 17.5 Å². The van der Waals surface area contributed by atoms with Crippen molar-refractivity contribution in [3.8, 4) is 17.2 Å². The number of aliphatic imine (C=N–C) groups is 1. The Bertz CT molecular complexity index is 1390. The van der Waals surface area contributed by atoms with Gasteiger partial charge >= 0.3 is 0 Å². The number of rotatable bonds is 9. The molecule has 202 valence electrons. The summed E-state index contributed by atoms with van der Waals surface area (Å²) in [6, 6.07) is 19.8. The zero-order valence-electron chi connectivity index (χ0n) is 22.4. The van der Waals surface area contributed by atoms with E-state index in [2.05, 4.69) is 10.4 Å². The van der Waals surface area contributed by atoms with Crippen molar-refractivity contribution in [2.24, 2.45) is 10.9 Å². The molecular weight excluding hydrogens is 518 g/mol. The Hall–Kier alpha value is -4.30. The second-order valence-electron chi connectivity index (χ2n) is 9.18. The fraction of sp³-hybridized carbons (Fsp3) is 0.233. The Morgan fingerprint density at radius 1 is 0.949 bits per heavy atom. The van der Waals surface area contributed by atoms with E-state index >= 15 is 0 Å². The number of halogens is 1. The maximum absolute atomic E-state index is 13.7. The van der Waals surface area contributed by atoms with Crippen molar-refractivity contribution in [3.05, 3.63) is 94.1 Å². The first-order valence-electron chi connectivity index (χ1n) is 12.3. The summed E-state index contributed by atoms with van der Waals surface area (Å²) in [6.07, 6.45) is 1.61. The monoisotopic (exact) mass is 547 g/mol. The summed E-state index contributed by atoms with van der Waals surface area (Å²) in [5.41, 5.74) is 5.04. The van der Waals surface area contributed by atoms with Gasteiger partial charge in [-0.3, -0.25) is 15.0 Å². The number of amidine groups is 1. The average molecular weight is 548 g/mol. The van der Waals surface area contributed by atoms with E-state index in [1.807, 2.05) is 56.3 Å². The summed E-state index contributed by atoms with van der Waals surface area (Å²) in [5, 5.41) is 1.78. The van der Waals surface area contributed by atoms with Crippen LogP contribution in [0.2, 0.25) is 5.02 Å². The Kier molecular flexibility index (Phi) is 8.56. The summed E-state index contributed by atoms with van der Waals surface area (Å²) in [7, 11) is 4.55. The molecule has 0 aromatic heterocycles. The van der Waals surface area contributed by atoms with Crippen molar-refractivity contribution in [3.63, 3.8) is 0 Å². The van der Waals surface area contributed by atoms with Crippen molar-refractivity contribution in [1.29, 1.82) is 0 Å². The first kappa shape index (κ1) is 27.7. The highest BCUT2D eigenvalue weighted by molar-refractivity contribution is 6.30. The van der Waals surface area contributed by atoms with Gasteiger partial charge in [0.1, 0.15) is 5.70 Å². The van der Waals surface area contributed by atoms with Crippen LogP contribution in [0, 0.1) is 5.92 Å². The third kappa shape index (κ3) is 5.91. The lowest BCUT2D eigenvalue weighted by atomic mass is 9.88. The van der Waals surface area contributed by atoms with Crippen LogP contribution in [-0.4, -0.2) is 44.0 Å². The van der Waals surface area contributed by atoms with Gasteiger partial charge < -0.3 is 14.2 Å². The molecule has 0 spiro atoms. The summed E-state index contributed by atoms with van der Waals surface area (Å²) in [6.45, 7) is 3.90. The summed E-state index contributed by atoms with van der Waals surface area (Å²) < 4.78 is 16.3. The van der Waals surface area contributed by atoms with E-state index in [1.165, 1.54) is 26.3 Å². The molecule has 0 radical (unpaired) electrons. The van der Waals surface area contributed by atoms with E-state index in [1.54, 1.807) is 30.3 Å². The standard InChI is InChI=1S/C30H30ClN3O5/c1-18(2)26(20-11-13-22(31)14-12-20)29(35)33-34-28(21-9-7-6-8-10-21)32-23(30(34)36)15-19-16-24(37-3)27(39-5)25(17-19)38-4/h6-18,26H,1-5H3,(H,33,35)/b23-15-/t26-/m1/s1. The molecule has 4 rings (SSSR count). The molecule has 9 heteroatoms. The molecule has 0 bridgehead atoms. The van der Waals surface area contributed by atoms with E-state index in [0.29, 0.717) is 39.2 Å². The Balaban J connectivity index is 1.73. The summed E-state index contributed by atoms with van der Waals surface area (Å²) in [4.78, 5) is 31.9. The number of nitrogens with zero attached hydrogens (tertiary/aromatic N) is 2. The van der Waals surface area contributed by atoms with Gasteiger partial charge in [-0.25, -0.2) is 4.99 Å². The van der Waals surface area contributed by atoms with Gasteiger partial charge in [0.2, 0.25) is 11.7 Å². The fourth-order valence-electron chi connectivity index (χ4n) is 4.43. The van der Waals surface area contributed by atoms with Gasteiger partial charge in [0.25, 0.3) is 5.91 Å². The second kappa shape index (κ2) is 12.0. The third-order valence-corrected chi connectivity index (χ3v) is 6.54. The molecule has 1 N–H and O–H groups in total. The lowest BCUT2D eigenvalue weighted by Gasteiger charge is -2.25. The average Bonchev–Trinajstić information content (AvgIpc) is 3.23. The molecule has 0 aliphatic carbocycles. The lowest BCUT2D eigenvalue weighted by Crippen LogP contribution is -2.49. The molecule has 3 aromatic carbocycles. The number of carbonyl (C=O) groups is 2. The normalized spacial score (nSPS) is 14.8. The molecular formula is C30H30ClN3O5. The van der Waals surface area contributed by atoms with Gasteiger partial charge in [0.05, 0.1) is 27.2 Å². The number of hydrogen-bond donors (Lipinski definition) is 1. The minimum Gasteiger partial charge on any atom is -0.493 e. The SMILES string of the molecule is COc1cc(/C=C2\N=C(c3ccccc3)N(NC(=O)[C@@H](c3ccc(Cl)cc3)C(C)C)C2=O)cc(OC)c1OC. The van der Waals surface area contributed by atoms with Gasteiger partial charge in [0.15, 0.2) is 17.3 Å². The van der Waals surface area contributed by atoms with Crippen LogP contribution in [0.1, 0.15) is 36.5 Å². The highest BCUT2D eigenvalue weighted by Gasteiger charge is 2.35. The predicted octanol–water partition coefficient (Wildman–Crippen LogP) is 5.47. The lowest BCUT2D eigenvalue weighted by molar-refractivity contribution is -0.134. The molecule has 39 heavy (non-hydrogen) atoms. The van der Waals surface area contributed by atoms with Crippen molar-refractivity contribution in [2.75, 3.05) is 21.3 Å². The van der Waals surface area contributed by atoms with Gasteiger partial charge in [-0.05, 0) is 47.4 Å². The van der Waals surface area contributed by atoms with Crippen LogP contribution < -0.4 is 19.6 Å². The molecule has 0 saturated carbocycles. The summed E-state index contributed by atoms with van der Waals surface area (Å²) >= 11 is 6.06. The molecule has 3 aromatic rings. The number of nitrogens with one attached hydrogen (secondary N) is 1. The highest BCUT2D eigenvalue weighted by Crippen LogP contribution is 2.39. The number of methoxy groups -OCH3 is 3. The molecule has 1 aliphatic rings. The first-order chi connectivity index (χ1) is 18.8. The van der Waals surface area contributed by atoms with Crippen LogP contribution in [0.25, 0.3) is 6.08 Å². The molecule has 1 aliphatic heterocycles. The van der Waals surface area contributed by atoms with Crippen LogP contribution >= 0.6 is 11.6 Å². The number of amides is 2. The van der Waals surface area contributed by atoms with E-state index < -0.39 is 11.8 Å². The van der Waals surface area contributed by atoms with Crippen molar-refractivity contribution >= 4 is 35.3 Å². The van der Waals surface area contributed by atoms with Crippen molar-refractivity contribution in [2.45, 2.75) is 19.8 Å². The van der Waals surface area contributed by atoms with Crippen LogP contribution in [0.3, 0.4) is 0 Å². The molecule has 2 amide bonds. The molecule has 8 nitrogen and oxygen atoms in total. The van der Waals surface area contributed by atoms with Crippen molar-refractivity contribution < 1.29 is 23.8 Å². The largest absolute Gasteiger partial charge is 0.493 e. The van der Waals surface area contributed by atoms with Crippen LogP contribution in [0.5, 0.6) is 17.2 Å². The molecule has 0 saturated heterocycles. The first-order valence-corrected chi connectivity index (χ1v) is 12.7. The van der Waals surface area contributed by atoms with Crippen LogP contribution in [0.4, 0.5) is 0 Å². The number of ether oxygens (including phenoxy) is 3. The van der Waals surface area contributed by atoms with Gasteiger partial charge in [0, 0.05) is 10.6 Å². The second-order valence-corrected chi connectivity index (χ2v) is 9.62. The molecule has 1 heterocycles. The molecule has 1 atom stereocenters. The Labute approximate surface area is 232 Å². The predicted molar refractivity (Wildman–Crippen MR) is 151 cm³/mol. The van der Waals surface area contributed by atoms with E-state index in [9.17, 15) is 9.59 Å². The highest BCUT2D eigenvalue weighted by atomic mass is 35.5. The zero-order valence-corrected chi connectivity index (χ0v) is 23.2. The molecule has 0 fully saturated rings. The topological polar surface area (TPSA) is 89.5 Å². The minimum absolute atomic E-state index is 0.0461. The number of hydrazine groups is 1. The maximum Gasteiger partial charge on any atom is 0.297 e. The maximum atomic E-state index is 13.7. The Morgan fingerprint density at radius 2 is 1.56 bits per heavy atom. The quantitative estimate of drug-likeness (QED) is 0.359. The molecule has 0 unspecified atom stereocenters. The number of carbonyl (C=O) groups excluding carboxylic acids is 2. The van der Waals surface area contributed by atoms with Crippen LogP contribution in [0.15, 0.2) is 77.4 Å². The smallest absolute Gasteiger partial charge is 0.297 e. The summed E-state index contributed by atoms with van der Waals surface area (Å²) in [5.74, 6) is 0.248. The Morgan fingerprint density at radius 3 is 2.10 bits per heavy atom. The van der Waals surface area contributed by atoms with E-state index in [0.717, 1.165) is 5.56 Å². The van der Waals surface area contributed by atoms with Crippen LogP contribution in [-0.2, 0) is 9.59 Å². The van der Waals surface area contributed by atoms with Gasteiger partial charge in [-0.1, -0.05) is 67.9 Å². The van der Waals surface area contributed by atoms with E-state index in [4.69, 9.17) is 25.8 Å². The fourth-order valence-corrected chi connectivity index (χ4v) is 4.56. The number of hydrogen-bond acceptors (Lipinski definition) is 6. The number of benzene rings is 3.